The molecule has 0 saturated carbocycles. The first-order valence-electron chi connectivity index (χ1n) is 6.31. The average Bonchev–Trinajstić information content (AvgIpc) is 2.86. The molecule has 1 amide bonds. The van der Waals surface area contributed by atoms with Crippen LogP contribution in [0.15, 0.2) is 24.3 Å². The molecular weight excluding hydrogens is 244 g/mol. The maximum Gasteiger partial charge on any atom is 0.253 e. The monoisotopic (exact) mass is 262 g/mol. The quantitative estimate of drug-likeness (QED) is 0.849. The highest BCUT2D eigenvalue weighted by molar-refractivity contribution is 7.80. The van der Waals surface area contributed by atoms with Crippen molar-refractivity contribution >= 4 is 23.1 Å². The fourth-order valence-electron chi connectivity index (χ4n) is 2.31. The van der Waals surface area contributed by atoms with Crippen LogP contribution in [-0.4, -0.2) is 28.9 Å². The van der Waals surface area contributed by atoms with Crippen molar-refractivity contribution in [3.8, 4) is 0 Å². The number of amides is 1. The van der Waals surface area contributed by atoms with Gasteiger partial charge in [0.05, 0.1) is 0 Å². The van der Waals surface area contributed by atoms with Crippen LogP contribution in [0.2, 0.25) is 0 Å². The van der Waals surface area contributed by atoms with Crippen molar-refractivity contribution in [2.45, 2.75) is 19.8 Å². The number of nitrogens with zero attached hydrogens (tertiary/aromatic N) is 1. The van der Waals surface area contributed by atoms with Gasteiger partial charge < -0.3 is 10.6 Å². The molecule has 4 heteroatoms. The van der Waals surface area contributed by atoms with Gasteiger partial charge in [-0.05, 0) is 24.5 Å². The number of hydrogen-bond donors (Lipinski definition) is 1. The number of hydrogen-bond acceptors (Lipinski definition) is 2. The van der Waals surface area contributed by atoms with Crippen LogP contribution in [0.25, 0.3) is 0 Å². The van der Waals surface area contributed by atoms with Gasteiger partial charge in [0.1, 0.15) is 4.99 Å². The van der Waals surface area contributed by atoms with Gasteiger partial charge in [0.15, 0.2) is 0 Å². The van der Waals surface area contributed by atoms with E-state index in [0.717, 1.165) is 31.5 Å². The van der Waals surface area contributed by atoms with Crippen LogP contribution < -0.4 is 5.73 Å². The van der Waals surface area contributed by atoms with E-state index in [1.165, 1.54) is 0 Å². The van der Waals surface area contributed by atoms with Crippen molar-refractivity contribution in [3.05, 3.63) is 35.4 Å². The SMILES string of the molecule is CCC1CCN(C(=O)c2ccc(C(N)=S)cc2)C1. The normalized spacial score (nSPS) is 18.9. The van der Waals surface area contributed by atoms with Crippen molar-refractivity contribution in [1.82, 2.24) is 4.90 Å². The Kier molecular flexibility index (Phi) is 3.97. The van der Waals surface area contributed by atoms with Crippen LogP contribution in [0.4, 0.5) is 0 Å². The Morgan fingerprint density at radius 2 is 2.00 bits per heavy atom. The molecular formula is C14H18N2OS. The fourth-order valence-corrected chi connectivity index (χ4v) is 2.45. The van der Waals surface area contributed by atoms with Crippen LogP contribution in [0.5, 0.6) is 0 Å². The lowest BCUT2D eigenvalue weighted by atomic mass is 10.1. The van der Waals surface area contributed by atoms with E-state index < -0.39 is 0 Å². The van der Waals surface area contributed by atoms with Crippen LogP contribution in [0.3, 0.4) is 0 Å². The highest BCUT2D eigenvalue weighted by Gasteiger charge is 2.25. The third kappa shape index (κ3) is 2.70. The molecule has 2 N–H and O–H groups in total. The van der Waals surface area contributed by atoms with Crippen molar-refractivity contribution in [2.75, 3.05) is 13.1 Å². The summed E-state index contributed by atoms with van der Waals surface area (Å²) >= 11 is 4.89. The first-order valence-corrected chi connectivity index (χ1v) is 6.71. The summed E-state index contributed by atoms with van der Waals surface area (Å²) in [5.74, 6) is 0.769. The number of carbonyl (C=O) groups excluding carboxylic acids is 1. The molecule has 1 saturated heterocycles. The van der Waals surface area contributed by atoms with Gasteiger partial charge in [0.2, 0.25) is 0 Å². The molecule has 0 bridgehead atoms. The maximum absolute atomic E-state index is 12.3. The molecule has 96 valence electrons. The zero-order valence-corrected chi connectivity index (χ0v) is 11.4. The maximum atomic E-state index is 12.3. The Morgan fingerprint density at radius 1 is 1.39 bits per heavy atom. The molecule has 1 unspecified atom stereocenters. The smallest absolute Gasteiger partial charge is 0.253 e. The minimum absolute atomic E-state index is 0.112. The number of thiocarbonyl (C=S) groups is 1. The number of likely N-dealkylation sites (tertiary alicyclic amines) is 1. The van der Waals surface area contributed by atoms with E-state index in [9.17, 15) is 4.79 Å². The lowest BCUT2D eigenvalue weighted by Crippen LogP contribution is -2.28. The van der Waals surface area contributed by atoms with E-state index in [0.29, 0.717) is 16.5 Å². The summed E-state index contributed by atoms with van der Waals surface area (Å²) in [6.07, 6.45) is 2.26. The van der Waals surface area contributed by atoms with E-state index in [2.05, 4.69) is 6.92 Å². The molecule has 1 fully saturated rings. The van der Waals surface area contributed by atoms with Crippen LogP contribution in [-0.2, 0) is 0 Å². The summed E-state index contributed by atoms with van der Waals surface area (Å²) in [5.41, 5.74) is 7.05. The average molecular weight is 262 g/mol. The predicted molar refractivity (Wildman–Crippen MR) is 76.6 cm³/mol. The van der Waals surface area contributed by atoms with Crippen molar-refractivity contribution in [2.24, 2.45) is 11.7 Å². The minimum Gasteiger partial charge on any atom is -0.389 e. The summed E-state index contributed by atoms with van der Waals surface area (Å²) in [6, 6.07) is 7.22. The third-order valence-corrected chi connectivity index (χ3v) is 3.80. The second-order valence-electron chi connectivity index (χ2n) is 4.76. The Balaban J connectivity index is 2.07. The zero-order valence-electron chi connectivity index (χ0n) is 10.6. The first kappa shape index (κ1) is 13.0. The summed E-state index contributed by atoms with van der Waals surface area (Å²) in [4.78, 5) is 14.5. The summed E-state index contributed by atoms with van der Waals surface area (Å²) in [7, 11) is 0. The van der Waals surface area contributed by atoms with Gasteiger partial charge >= 0.3 is 0 Å². The molecule has 1 atom stereocenters. The van der Waals surface area contributed by atoms with Gasteiger partial charge in [-0.25, -0.2) is 0 Å². The first-order chi connectivity index (χ1) is 8.61. The molecule has 1 aromatic rings. The molecule has 1 heterocycles. The Bertz CT molecular complexity index is 455. The summed E-state index contributed by atoms with van der Waals surface area (Å²) < 4.78 is 0. The van der Waals surface area contributed by atoms with Gasteiger partial charge in [0, 0.05) is 24.2 Å². The molecule has 1 aromatic carbocycles. The van der Waals surface area contributed by atoms with E-state index in [1.807, 2.05) is 17.0 Å². The summed E-state index contributed by atoms with van der Waals surface area (Å²) in [6.45, 7) is 3.93. The molecule has 2 rings (SSSR count). The van der Waals surface area contributed by atoms with E-state index >= 15 is 0 Å². The van der Waals surface area contributed by atoms with Crippen molar-refractivity contribution in [3.63, 3.8) is 0 Å². The van der Waals surface area contributed by atoms with Crippen LogP contribution >= 0.6 is 12.2 Å². The number of benzene rings is 1. The predicted octanol–water partition coefficient (Wildman–Crippen LogP) is 2.19. The van der Waals surface area contributed by atoms with E-state index in [4.69, 9.17) is 18.0 Å². The van der Waals surface area contributed by atoms with Gasteiger partial charge in [-0.3, -0.25) is 4.79 Å². The van der Waals surface area contributed by atoms with Crippen molar-refractivity contribution in [1.29, 1.82) is 0 Å². The topological polar surface area (TPSA) is 46.3 Å². The van der Waals surface area contributed by atoms with E-state index in [1.54, 1.807) is 12.1 Å². The highest BCUT2D eigenvalue weighted by atomic mass is 32.1. The highest BCUT2D eigenvalue weighted by Crippen LogP contribution is 2.21. The lowest BCUT2D eigenvalue weighted by Gasteiger charge is -2.16. The largest absolute Gasteiger partial charge is 0.389 e. The van der Waals surface area contributed by atoms with Gasteiger partial charge in [-0.15, -0.1) is 0 Å². The van der Waals surface area contributed by atoms with Crippen LogP contribution in [0, 0.1) is 5.92 Å². The standard InChI is InChI=1S/C14H18N2OS/c1-2-10-7-8-16(9-10)14(17)12-5-3-11(4-6-12)13(15)18/h3-6,10H,2,7-9H2,1H3,(H2,15,18). The Hall–Kier alpha value is -1.42. The minimum atomic E-state index is 0.112. The molecule has 0 aliphatic carbocycles. The molecule has 1 aliphatic heterocycles. The van der Waals surface area contributed by atoms with Gasteiger partial charge in [-0.2, -0.15) is 0 Å². The number of carbonyl (C=O) groups is 1. The second kappa shape index (κ2) is 5.48. The molecule has 18 heavy (non-hydrogen) atoms. The van der Waals surface area contributed by atoms with E-state index in [-0.39, 0.29) is 5.91 Å². The molecule has 0 spiro atoms. The summed E-state index contributed by atoms with van der Waals surface area (Å²) in [5, 5.41) is 0. The molecule has 0 radical (unpaired) electrons. The molecule has 0 aromatic heterocycles. The second-order valence-corrected chi connectivity index (χ2v) is 5.20. The number of nitrogens with two attached hydrogens (primary N) is 1. The Labute approximate surface area is 113 Å². The van der Waals surface area contributed by atoms with Gasteiger partial charge in [-0.1, -0.05) is 37.7 Å². The fraction of sp³-hybridized carbons (Fsp3) is 0.429. The number of rotatable bonds is 3. The third-order valence-electron chi connectivity index (χ3n) is 3.57. The van der Waals surface area contributed by atoms with Gasteiger partial charge in [0.25, 0.3) is 5.91 Å². The molecule has 3 nitrogen and oxygen atoms in total. The van der Waals surface area contributed by atoms with Crippen molar-refractivity contribution < 1.29 is 4.79 Å². The zero-order chi connectivity index (χ0) is 13.1. The lowest BCUT2D eigenvalue weighted by molar-refractivity contribution is 0.0787. The van der Waals surface area contributed by atoms with Crippen LogP contribution in [0.1, 0.15) is 35.7 Å². The Morgan fingerprint density at radius 3 is 2.50 bits per heavy atom. The molecule has 1 aliphatic rings.